The Morgan fingerprint density at radius 3 is 2.51 bits per heavy atom. The summed E-state index contributed by atoms with van der Waals surface area (Å²) in [4.78, 5) is 58.3. The lowest BCUT2D eigenvalue weighted by Crippen LogP contribution is -2.36. The van der Waals surface area contributed by atoms with Gasteiger partial charge in [-0.1, -0.05) is 30.3 Å². The Bertz CT molecular complexity index is 1080. The predicted molar refractivity (Wildman–Crippen MR) is 138 cm³/mol. The number of phosphoric ester groups is 1. The first-order chi connectivity index (χ1) is 18.6. The van der Waals surface area contributed by atoms with Crippen molar-refractivity contribution in [1.82, 2.24) is 10.2 Å². The van der Waals surface area contributed by atoms with Crippen LogP contribution >= 0.6 is 7.82 Å². The van der Waals surface area contributed by atoms with Crippen LogP contribution in [0.15, 0.2) is 42.5 Å². The summed E-state index contributed by atoms with van der Waals surface area (Å²) in [6.07, 6.45) is 0.480. The van der Waals surface area contributed by atoms with E-state index in [9.17, 15) is 28.6 Å². The fourth-order valence-corrected chi connectivity index (χ4v) is 4.99. The van der Waals surface area contributed by atoms with Crippen molar-refractivity contribution in [2.75, 3.05) is 26.8 Å². The van der Waals surface area contributed by atoms with Crippen LogP contribution in [-0.4, -0.2) is 86.5 Å². The molecule has 13 nitrogen and oxygen atoms in total. The van der Waals surface area contributed by atoms with Gasteiger partial charge in [0.05, 0.1) is 0 Å². The fraction of sp³-hybridized carbons (Fsp3) is 0.500. The summed E-state index contributed by atoms with van der Waals surface area (Å²) in [5, 5.41) is 2.72. The normalized spacial score (nSPS) is 24.0. The van der Waals surface area contributed by atoms with E-state index < -0.39 is 44.0 Å². The molecule has 39 heavy (non-hydrogen) atoms. The zero-order chi connectivity index (χ0) is 28.4. The highest BCUT2D eigenvalue weighted by Crippen LogP contribution is 2.48. The first-order valence-electron chi connectivity index (χ1n) is 12.5. The Hall–Kier alpha value is -3.03. The van der Waals surface area contributed by atoms with E-state index >= 15 is 0 Å². The van der Waals surface area contributed by atoms with Crippen LogP contribution < -0.4 is 5.32 Å². The van der Waals surface area contributed by atoms with Gasteiger partial charge in [0.15, 0.2) is 0 Å². The lowest BCUT2D eigenvalue weighted by atomic mass is 9.82. The topological polar surface area (TPSA) is 167 Å². The van der Waals surface area contributed by atoms with Crippen molar-refractivity contribution in [2.45, 2.75) is 44.1 Å². The zero-order valence-electron chi connectivity index (χ0n) is 21.7. The summed E-state index contributed by atoms with van der Waals surface area (Å²) in [6.45, 7) is 0.0104. The molecule has 3 rings (SSSR count). The Labute approximate surface area is 226 Å². The summed E-state index contributed by atoms with van der Waals surface area (Å²) in [7, 11) is -1.59. The average Bonchev–Trinajstić information content (AvgIpc) is 3.39. The van der Waals surface area contributed by atoms with E-state index in [0.29, 0.717) is 12.8 Å². The van der Waals surface area contributed by atoms with E-state index in [4.69, 9.17) is 18.7 Å². The second-order valence-corrected chi connectivity index (χ2v) is 10.5. The molecule has 0 aromatic heterocycles. The van der Waals surface area contributed by atoms with Gasteiger partial charge in [-0.2, -0.15) is 0 Å². The van der Waals surface area contributed by atoms with E-state index in [0.717, 1.165) is 29.7 Å². The van der Waals surface area contributed by atoms with Gasteiger partial charge in [0.1, 0.15) is 33.3 Å². The number of rotatable bonds is 14. The maximum Gasteiger partial charge on any atom is 0.508 e. The zero-order valence-corrected chi connectivity index (χ0v) is 22.6. The van der Waals surface area contributed by atoms with Crippen LogP contribution in [0.2, 0.25) is 0 Å². The molecule has 0 saturated carbocycles. The third-order valence-corrected chi connectivity index (χ3v) is 7.30. The Morgan fingerprint density at radius 2 is 1.85 bits per heavy atom. The molecular formula is C24H32BN2O11P. The third-order valence-electron chi connectivity index (χ3n) is 6.33. The molecule has 2 aliphatic heterocycles. The summed E-state index contributed by atoms with van der Waals surface area (Å²) in [5.41, 5.74) is 0.782. The highest BCUT2D eigenvalue weighted by Gasteiger charge is 2.46. The van der Waals surface area contributed by atoms with E-state index in [2.05, 4.69) is 9.84 Å². The first kappa shape index (κ1) is 30.5. The number of nitrogens with one attached hydrogen (secondary N) is 1. The van der Waals surface area contributed by atoms with Crippen LogP contribution in [0, 0.1) is 5.92 Å². The quantitative estimate of drug-likeness (QED) is 0.107. The number of hydrogen-bond acceptors (Lipinski definition) is 10. The summed E-state index contributed by atoms with van der Waals surface area (Å²) < 4.78 is 38.3. The number of imide groups is 1. The van der Waals surface area contributed by atoms with Crippen molar-refractivity contribution < 1.29 is 51.9 Å². The summed E-state index contributed by atoms with van der Waals surface area (Å²) >= 11 is 0. The first-order valence-corrected chi connectivity index (χ1v) is 13.9. The molecule has 15 heteroatoms. The van der Waals surface area contributed by atoms with Crippen molar-refractivity contribution in [3.05, 3.63) is 48.0 Å². The Morgan fingerprint density at radius 1 is 1.15 bits per heavy atom. The van der Waals surface area contributed by atoms with Gasteiger partial charge in [-0.3, -0.25) is 28.3 Å². The average molecular weight is 566 g/mol. The molecule has 2 heterocycles. The number of nitrogens with zero attached hydrogens (tertiary/aromatic N) is 1. The van der Waals surface area contributed by atoms with Crippen LogP contribution in [0.5, 0.6) is 0 Å². The molecule has 0 aliphatic carbocycles. The maximum atomic E-state index is 12.2. The molecular weight excluding hydrogens is 534 g/mol. The van der Waals surface area contributed by atoms with Gasteiger partial charge in [0, 0.05) is 50.7 Å². The molecule has 0 spiro atoms. The molecule has 2 unspecified atom stereocenters. The van der Waals surface area contributed by atoms with Gasteiger partial charge in [0.25, 0.3) is 11.8 Å². The predicted octanol–water partition coefficient (Wildman–Crippen LogP) is 0.658. The smallest absolute Gasteiger partial charge is 0.431 e. The molecule has 1 aromatic carbocycles. The third kappa shape index (κ3) is 9.29. The van der Waals surface area contributed by atoms with Crippen molar-refractivity contribution in [3.8, 4) is 0 Å². The van der Waals surface area contributed by atoms with E-state index in [-0.39, 0.29) is 44.5 Å². The monoisotopic (exact) mass is 566 g/mol. The van der Waals surface area contributed by atoms with Crippen LogP contribution in [0.1, 0.15) is 24.8 Å². The Kier molecular flexibility index (Phi) is 11.3. The molecule has 2 N–H and O–H groups in total. The lowest BCUT2D eigenvalue weighted by Gasteiger charge is -2.25. The minimum atomic E-state index is -4.39. The largest absolute Gasteiger partial charge is 0.508 e. The number of hydrogen-bond donors (Lipinski definition) is 2. The molecule has 5 atom stereocenters. The highest BCUT2D eigenvalue weighted by molar-refractivity contribution is 7.47. The molecule has 212 valence electrons. The van der Waals surface area contributed by atoms with E-state index in [1.165, 1.54) is 0 Å². The second kappa shape index (κ2) is 14.4. The maximum absolute atomic E-state index is 12.2. The van der Waals surface area contributed by atoms with Gasteiger partial charge in [-0.25, -0.2) is 9.36 Å². The van der Waals surface area contributed by atoms with Crippen molar-refractivity contribution in [2.24, 2.45) is 5.92 Å². The minimum Gasteiger partial charge on any atom is -0.431 e. The Balaban J connectivity index is 1.46. The number of carbonyl (C=O) groups is 4. The molecule has 3 amide bonds. The highest BCUT2D eigenvalue weighted by atomic mass is 31.2. The molecule has 1 saturated heterocycles. The molecule has 0 bridgehead atoms. The van der Waals surface area contributed by atoms with Gasteiger partial charge in [0.2, 0.25) is 5.91 Å². The number of carbonyl (C=O) groups excluding carboxylic acids is 4. The van der Waals surface area contributed by atoms with Crippen molar-refractivity contribution in [1.29, 1.82) is 0 Å². The number of ether oxygens (including phenoxy) is 3. The fourth-order valence-electron chi connectivity index (χ4n) is 4.30. The summed E-state index contributed by atoms with van der Waals surface area (Å²) in [6, 6.07) is 8.63. The van der Waals surface area contributed by atoms with E-state index in [1.807, 2.05) is 18.2 Å². The second-order valence-electron chi connectivity index (χ2n) is 9.00. The summed E-state index contributed by atoms with van der Waals surface area (Å²) in [5.74, 6) is -1.61. The standard InChI is InChI=1S/C24H32BN2O11P/c1-34-39(32,33)38-22-17(8-5-12-26-19(28)11-13-27-20(29)9-10-21(27)30)23(25)37-18(22)15-36-24(31)35-14-16-6-3-2-4-7-16/h2-4,6-7,9-10,17-18,22-23H,5,8,11-15,25H2,1H3,(H,26,28)(H,32,33)/t17-,18+,22?,23+/m0/s1. The van der Waals surface area contributed by atoms with Gasteiger partial charge >= 0.3 is 14.0 Å². The molecule has 0 radical (unpaired) electrons. The van der Waals surface area contributed by atoms with Crippen LogP contribution in [0.3, 0.4) is 0 Å². The number of amides is 3. The van der Waals surface area contributed by atoms with Gasteiger partial charge < -0.3 is 24.4 Å². The molecule has 2 aliphatic rings. The van der Waals surface area contributed by atoms with Crippen LogP contribution in [0.25, 0.3) is 0 Å². The minimum absolute atomic E-state index is 0.0157. The lowest BCUT2D eigenvalue weighted by molar-refractivity contribution is -0.137. The number of phosphoric acid groups is 1. The van der Waals surface area contributed by atoms with Gasteiger partial charge in [-0.05, 0) is 18.4 Å². The SMILES string of the molecule is B[C@@H]1O[C@H](COC(=O)OCc2ccccc2)C(OP(=O)(O)OC)[C@@H]1CCCNC(=O)CCN1C(=O)C=CC1=O. The molecule has 1 fully saturated rings. The van der Waals surface area contributed by atoms with Crippen molar-refractivity contribution in [3.63, 3.8) is 0 Å². The van der Waals surface area contributed by atoms with Crippen LogP contribution in [0.4, 0.5) is 4.79 Å². The number of benzene rings is 1. The molecule has 1 aromatic rings. The van der Waals surface area contributed by atoms with E-state index in [1.54, 1.807) is 20.0 Å². The van der Waals surface area contributed by atoms with Crippen LogP contribution in [-0.2, 0) is 48.8 Å². The van der Waals surface area contributed by atoms with Gasteiger partial charge in [-0.15, -0.1) is 0 Å². The van der Waals surface area contributed by atoms with Crippen molar-refractivity contribution >= 4 is 39.5 Å².